The quantitative estimate of drug-likeness (QED) is 0.301. The third-order valence-corrected chi connectivity index (χ3v) is 6.98. The number of hydrogen-bond acceptors (Lipinski definition) is 8. The van der Waals surface area contributed by atoms with Gasteiger partial charge in [0.2, 0.25) is 7.37 Å². The first kappa shape index (κ1) is 25.7. The summed E-state index contributed by atoms with van der Waals surface area (Å²) in [5.41, 5.74) is 10.1. The van der Waals surface area contributed by atoms with Gasteiger partial charge < -0.3 is 15.6 Å². The van der Waals surface area contributed by atoms with E-state index < -0.39 is 7.37 Å². The van der Waals surface area contributed by atoms with Crippen LogP contribution in [0.15, 0.2) is 59.9 Å². The smallest absolute Gasteiger partial charge is 0.205 e. The van der Waals surface area contributed by atoms with Crippen molar-refractivity contribution in [1.29, 1.82) is 0 Å². The number of hydrogen-bond donors (Lipinski definition) is 2. The summed E-state index contributed by atoms with van der Waals surface area (Å²) in [6, 6.07) is 9.74. The number of nitrogens with one attached hydrogen (secondary N) is 1. The largest absolute Gasteiger partial charge is 0.381 e. The van der Waals surface area contributed by atoms with Crippen molar-refractivity contribution in [2.75, 3.05) is 24.3 Å². The molecule has 0 spiro atoms. The van der Waals surface area contributed by atoms with Crippen LogP contribution in [0.3, 0.4) is 0 Å². The Morgan fingerprint density at radius 3 is 2.74 bits per heavy atom. The minimum atomic E-state index is -2.70. The number of pyridine rings is 1. The first-order chi connectivity index (χ1) is 16.3. The summed E-state index contributed by atoms with van der Waals surface area (Å²) >= 11 is 0. The van der Waals surface area contributed by atoms with Gasteiger partial charge in [0.05, 0.1) is 30.3 Å². The molecule has 10 heteroatoms. The molecule has 34 heavy (non-hydrogen) atoms. The number of nitrogen functional groups attached to an aromatic ring is 1. The summed E-state index contributed by atoms with van der Waals surface area (Å²) < 4.78 is 17.7. The SMILES string of the molecule is C/C=C\C=N/c1ccc(CNc2nc(-c3ccc(CP(C)(=O)OCC)nc3)cnc2N)cc1P. The summed E-state index contributed by atoms with van der Waals surface area (Å²) in [6.45, 7) is 6.35. The second kappa shape index (κ2) is 12.0. The molecule has 2 atom stereocenters. The highest BCUT2D eigenvalue weighted by molar-refractivity contribution is 7.57. The molecule has 0 radical (unpaired) electrons. The molecule has 178 valence electrons. The van der Waals surface area contributed by atoms with Gasteiger partial charge in [-0.3, -0.25) is 14.5 Å². The van der Waals surface area contributed by atoms with Crippen LogP contribution < -0.4 is 16.4 Å². The third-order valence-electron chi connectivity index (χ3n) is 4.82. The Hall–Kier alpha value is -2.92. The van der Waals surface area contributed by atoms with Gasteiger partial charge in [0.25, 0.3) is 0 Å². The number of nitrogens with zero attached hydrogens (tertiary/aromatic N) is 4. The molecule has 2 unspecified atom stereocenters. The molecular weight excluding hydrogens is 466 g/mol. The molecule has 2 heterocycles. The molecule has 3 rings (SSSR count). The van der Waals surface area contributed by atoms with Crippen LogP contribution in [0.1, 0.15) is 25.1 Å². The van der Waals surface area contributed by atoms with E-state index in [-0.39, 0.29) is 0 Å². The lowest BCUT2D eigenvalue weighted by Gasteiger charge is -2.12. The van der Waals surface area contributed by atoms with Crippen molar-refractivity contribution >= 4 is 45.5 Å². The first-order valence-electron chi connectivity index (χ1n) is 10.9. The average Bonchev–Trinajstić information content (AvgIpc) is 2.80. The van der Waals surface area contributed by atoms with Crippen LogP contribution >= 0.6 is 16.6 Å². The minimum Gasteiger partial charge on any atom is -0.381 e. The molecule has 0 saturated carbocycles. The fourth-order valence-corrected chi connectivity index (χ4v) is 4.97. The third kappa shape index (κ3) is 7.29. The summed E-state index contributed by atoms with van der Waals surface area (Å²) in [6.07, 6.45) is 9.18. The normalized spacial score (nSPS) is 13.4. The van der Waals surface area contributed by atoms with E-state index in [0.717, 1.165) is 22.1 Å². The van der Waals surface area contributed by atoms with E-state index in [1.54, 1.807) is 25.3 Å². The van der Waals surface area contributed by atoms with Crippen molar-refractivity contribution in [2.45, 2.75) is 26.6 Å². The van der Waals surface area contributed by atoms with Gasteiger partial charge in [-0.2, -0.15) is 0 Å². The maximum atomic E-state index is 12.4. The zero-order valence-corrected chi connectivity index (χ0v) is 21.7. The minimum absolute atomic E-state index is 0.290. The second-order valence-electron chi connectivity index (χ2n) is 7.67. The van der Waals surface area contributed by atoms with E-state index >= 15 is 0 Å². The Morgan fingerprint density at radius 2 is 2.06 bits per heavy atom. The monoisotopic (exact) mass is 496 g/mol. The van der Waals surface area contributed by atoms with Crippen LogP contribution in [0.4, 0.5) is 17.3 Å². The summed E-state index contributed by atoms with van der Waals surface area (Å²) in [4.78, 5) is 17.8. The standard InChI is InChI=1S/C24H30N6O2P2/c1-4-6-11-26-20-10-7-17(12-22(20)33)13-29-24-23(25)28-15-21(30-24)18-8-9-19(27-14-18)16-34(3,31)32-5-2/h4,6-12,14-15H,5,13,16,33H2,1-3H3,(H2,25,28)(H,29,30)/b6-4-,26-11-. The Balaban J connectivity index is 1.71. The zero-order valence-electron chi connectivity index (χ0n) is 19.6. The predicted octanol–water partition coefficient (Wildman–Crippen LogP) is 4.96. The number of benzene rings is 1. The van der Waals surface area contributed by atoms with Gasteiger partial charge in [-0.15, -0.1) is 9.24 Å². The van der Waals surface area contributed by atoms with Crippen LogP contribution in [0, 0.1) is 0 Å². The number of aromatic nitrogens is 3. The molecule has 0 aliphatic carbocycles. The summed E-state index contributed by atoms with van der Waals surface area (Å²) in [5.74, 6) is 0.812. The van der Waals surface area contributed by atoms with Crippen molar-refractivity contribution in [3.63, 3.8) is 0 Å². The van der Waals surface area contributed by atoms with Crippen molar-refractivity contribution in [2.24, 2.45) is 4.99 Å². The van der Waals surface area contributed by atoms with Crippen LogP contribution in [0.2, 0.25) is 0 Å². The number of anilines is 2. The number of allylic oxidation sites excluding steroid dienone is 2. The fourth-order valence-electron chi connectivity index (χ4n) is 3.18. The maximum absolute atomic E-state index is 12.4. The number of rotatable bonds is 10. The molecule has 0 saturated heterocycles. The molecule has 8 nitrogen and oxygen atoms in total. The molecule has 0 aliphatic rings. The van der Waals surface area contributed by atoms with E-state index in [4.69, 9.17) is 10.3 Å². The number of aliphatic imine (C=N–C) groups is 1. The predicted molar refractivity (Wildman–Crippen MR) is 145 cm³/mol. The van der Waals surface area contributed by atoms with Gasteiger partial charge in [0.15, 0.2) is 11.6 Å². The van der Waals surface area contributed by atoms with Crippen LogP contribution in [-0.2, 0) is 21.8 Å². The maximum Gasteiger partial charge on any atom is 0.205 e. The molecular formula is C24H30N6O2P2. The highest BCUT2D eigenvalue weighted by Gasteiger charge is 2.17. The fraction of sp³-hybridized carbons (Fsp3) is 0.250. The Bertz CT molecular complexity index is 1230. The molecule has 0 aliphatic heterocycles. The van der Waals surface area contributed by atoms with Crippen LogP contribution in [0.5, 0.6) is 0 Å². The van der Waals surface area contributed by atoms with Gasteiger partial charge in [-0.1, -0.05) is 12.1 Å². The van der Waals surface area contributed by atoms with Crippen molar-refractivity contribution < 1.29 is 9.09 Å². The van der Waals surface area contributed by atoms with E-state index in [9.17, 15) is 4.57 Å². The Labute approximate surface area is 202 Å². The summed E-state index contributed by atoms with van der Waals surface area (Å²) in [5, 5.41) is 4.26. The molecule has 0 amide bonds. The number of nitrogens with two attached hydrogens (primary N) is 1. The van der Waals surface area contributed by atoms with Gasteiger partial charge in [0.1, 0.15) is 0 Å². The van der Waals surface area contributed by atoms with Crippen LogP contribution in [0.25, 0.3) is 11.3 Å². The van der Waals surface area contributed by atoms with E-state index in [2.05, 4.69) is 34.5 Å². The molecule has 0 fully saturated rings. The average molecular weight is 496 g/mol. The molecule has 1 aromatic carbocycles. The lowest BCUT2D eigenvalue weighted by atomic mass is 10.2. The molecule has 3 aromatic rings. The van der Waals surface area contributed by atoms with Gasteiger partial charge in [-0.05, 0) is 55.1 Å². The van der Waals surface area contributed by atoms with Crippen molar-refractivity contribution in [3.8, 4) is 11.3 Å². The topological polar surface area (TPSA) is 115 Å². The summed E-state index contributed by atoms with van der Waals surface area (Å²) in [7, 11) is 0.0147. The lowest BCUT2D eigenvalue weighted by Crippen LogP contribution is -2.08. The second-order valence-corrected chi connectivity index (χ2v) is 10.9. The van der Waals surface area contributed by atoms with Gasteiger partial charge in [0, 0.05) is 36.9 Å². The lowest BCUT2D eigenvalue weighted by molar-refractivity contribution is 0.336. The molecule has 2 aromatic heterocycles. The zero-order chi connectivity index (χ0) is 24.6. The van der Waals surface area contributed by atoms with Crippen molar-refractivity contribution in [1.82, 2.24) is 15.0 Å². The highest BCUT2D eigenvalue weighted by atomic mass is 31.2. The van der Waals surface area contributed by atoms with E-state index in [1.165, 1.54) is 0 Å². The van der Waals surface area contributed by atoms with Gasteiger partial charge in [-0.25, -0.2) is 9.97 Å². The van der Waals surface area contributed by atoms with E-state index in [1.807, 2.05) is 56.3 Å². The van der Waals surface area contributed by atoms with Crippen LogP contribution in [-0.4, -0.2) is 34.4 Å². The van der Waals surface area contributed by atoms with Gasteiger partial charge >= 0.3 is 0 Å². The van der Waals surface area contributed by atoms with Crippen molar-refractivity contribution in [3.05, 3.63) is 66.1 Å². The molecule has 3 N–H and O–H groups in total. The van der Waals surface area contributed by atoms with E-state index in [0.29, 0.717) is 42.3 Å². The first-order valence-corrected chi connectivity index (χ1v) is 13.7. The highest BCUT2D eigenvalue weighted by Crippen LogP contribution is 2.45. The molecule has 0 bridgehead atoms. The Kier molecular flexibility index (Phi) is 9.05. The Morgan fingerprint density at radius 1 is 1.24 bits per heavy atom.